The molecule has 1 saturated heterocycles. The average molecular weight is 383 g/mol. The summed E-state index contributed by atoms with van der Waals surface area (Å²) in [4.78, 5) is 0. The fourth-order valence-electron chi connectivity index (χ4n) is 2.83. The maximum absolute atomic E-state index is 11.8. The van der Waals surface area contributed by atoms with E-state index < -0.39 is 20.9 Å². The molecule has 1 fully saturated rings. The third kappa shape index (κ3) is 2.64. The van der Waals surface area contributed by atoms with Crippen molar-refractivity contribution in [2.75, 3.05) is 18.1 Å². The van der Waals surface area contributed by atoms with Gasteiger partial charge in [-0.2, -0.15) is 0 Å². The van der Waals surface area contributed by atoms with E-state index in [2.05, 4.69) is 15.9 Å². The minimum Gasteiger partial charge on any atom is -0.385 e. The highest BCUT2D eigenvalue weighted by molar-refractivity contribution is 9.10. The van der Waals surface area contributed by atoms with Gasteiger partial charge in [-0.3, -0.25) is 0 Å². The van der Waals surface area contributed by atoms with Crippen molar-refractivity contribution >= 4 is 37.4 Å². The molecule has 1 aromatic carbocycles. The van der Waals surface area contributed by atoms with Crippen LogP contribution in [-0.4, -0.2) is 31.6 Å². The molecule has 1 aliphatic heterocycles. The minimum absolute atomic E-state index is 0.0501. The normalized spacial score (nSPS) is 28.2. The summed E-state index contributed by atoms with van der Waals surface area (Å²) in [6, 6.07) is 5.15. The smallest absolute Gasteiger partial charge is 0.151 e. The maximum atomic E-state index is 11.8. The zero-order valence-corrected chi connectivity index (χ0v) is 14.2. The van der Waals surface area contributed by atoms with E-state index in [1.54, 1.807) is 25.1 Å². The molecule has 0 spiro atoms. The van der Waals surface area contributed by atoms with Crippen LogP contribution < -0.4 is 5.73 Å². The monoisotopic (exact) mass is 381 g/mol. The van der Waals surface area contributed by atoms with Gasteiger partial charge in [0.05, 0.1) is 17.1 Å². The van der Waals surface area contributed by atoms with Crippen LogP contribution in [0.2, 0.25) is 5.02 Å². The van der Waals surface area contributed by atoms with Crippen molar-refractivity contribution in [3.05, 3.63) is 33.3 Å². The highest BCUT2D eigenvalue weighted by Crippen LogP contribution is 2.48. The molecule has 112 valence electrons. The lowest BCUT2D eigenvalue weighted by molar-refractivity contribution is -0.0582. The number of hydrogen-bond donors (Lipinski definition) is 2. The Labute approximate surface area is 132 Å². The molecule has 0 aliphatic carbocycles. The number of rotatable bonds is 3. The predicted molar refractivity (Wildman–Crippen MR) is 83.5 cm³/mol. The molecule has 3 N–H and O–H groups in total. The molecular weight excluding hydrogens is 366 g/mol. The van der Waals surface area contributed by atoms with E-state index in [1.807, 2.05) is 0 Å². The average Bonchev–Trinajstić information content (AvgIpc) is 2.66. The number of hydrogen-bond acceptors (Lipinski definition) is 4. The second-order valence-electron chi connectivity index (χ2n) is 5.52. The Morgan fingerprint density at radius 2 is 2.20 bits per heavy atom. The molecule has 1 aromatic rings. The number of halogens is 2. The van der Waals surface area contributed by atoms with E-state index >= 15 is 0 Å². The van der Waals surface area contributed by atoms with E-state index in [0.29, 0.717) is 17.0 Å². The Bertz CT molecular complexity index is 633. The van der Waals surface area contributed by atoms with Crippen LogP contribution >= 0.6 is 27.5 Å². The van der Waals surface area contributed by atoms with Gasteiger partial charge in [0.15, 0.2) is 9.84 Å². The largest absolute Gasteiger partial charge is 0.385 e. The summed E-state index contributed by atoms with van der Waals surface area (Å²) in [5, 5.41) is 11.4. The van der Waals surface area contributed by atoms with Crippen molar-refractivity contribution in [2.24, 2.45) is 11.1 Å². The van der Waals surface area contributed by atoms with Crippen molar-refractivity contribution in [2.45, 2.75) is 18.9 Å². The summed E-state index contributed by atoms with van der Waals surface area (Å²) in [5.41, 5.74) is 4.02. The second kappa shape index (κ2) is 5.25. The van der Waals surface area contributed by atoms with E-state index in [9.17, 15) is 13.5 Å². The van der Waals surface area contributed by atoms with E-state index in [0.717, 1.165) is 4.47 Å². The van der Waals surface area contributed by atoms with Crippen LogP contribution in [0.3, 0.4) is 0 Å². The van der Waals surface area contributed by atoms with Crippen molar-refractivity contribution in [1.29, 1.82) is 0 Å². The van der Waals surface area contributed by atoms with Crippen LogP contribution in [0.4, 0.5) is 0 Å². The van der Waals surface area contributed by atoms with Crippen molar-refractivity contribution in [3.8, 4) is 0 Å². The van der Waals surface area contributed by atoms with E-state index in [-0.39, 0.29) is 18.1 Å². The topological polar surface area (TPSA) is 80.4 Å². The van der Waals surface area contributed by atoms with Crippen LogP contribution in [0.1, 0.15) is 18.9 Å². The molecule has 7 heteroatoms. The zero-order valence-electron chi connectivity index (χ0n) is 11.1. The number of aliphatic hydroxyl groups is 1. The Kier molecular flexibility index (Phi) is 4.26. The lowest BCUT2D eigenvalue weighted by Crippen LogP contribution is -2.49. The highest BCUT2D eigenvalue weighted by atomic mass is 79.9. The fraction of sp³-hybridized carbons (Fsp3) is 0.538. The quantitative estimate of drug-likeness (QED) is 0.838. The summed E-state index contributed by atoms with van der Waals surface area (Å²) in [6.45, 7) is 1.68. The number of benzene rings is 1. The molecule has 0 bridgehead atoms. The highest BCUT2D eigenvalue weighted by Gasteiger charge is 2.54. The molecule has 0 amide bonds. The standard InChI is InChI=1S/C13H17BrClNO3S/c1-12(17,10-3-2-9(14)6-11(10)15)13(7-16)4-5-20(18,19)8-13/h2-3,6,17H,4-5,7-8,16H2,1H3. The van der Waals surface area contributed by atoms with E-state index in [1.165, 1.54) is 0 Å². The third-order valence-corrected chi connectivity index (χ3v) is 6.89. The first-order chi connectivity index (χ1) is 9.13. The molecule has 1 heterocycles. The molecular formula is C13H17BrClNO3S. The summed E-state index contributed by atoms with van der Waals surface area (Å²) in [5.74, 6) is -0.0651. The van der Waals surface area contributed by atoms with Crippen LogP contribution in [0.25, 0.3) is 0 Å². The third-order valence-electron chi connectivity index (χ3n) is 4.27. The first-order valence-corrected chi connectivity index (χ1v) is 9.21. The van der Waals surface area contributed by atoms with Gasteiger partial charge in [0.25, 0.3) is 0 Å². The van der Waals surface area contributed by atoms with Crippen LogP contribution in [-0.2, 0) is 15.4 Å². The maximum Gasteiger partial charge on any atom is 0.151 e. The first-order valence-electron chi connectivity index (χ1n) is 6.22. The van der Waals surface area contributed by atoms with Crippen LogP contribution in [0.15, 0.2) is 22.7 Å². The molecule has 2 atom stereocenters. The molecule has 4 nitrogen and oxygen atoms in total. The van der Waals surface area contributed by atoms with Gasteiger partial charge >= 0.3 is 0 Å². The molecule has 2 unspecified atom stereocenters. The molecule has 1 aliphatic rings. The zero-order chi connectivity index (χ0) is 15.2. The van der Waals surface area contributed by atoms with Gasteiger partial charge in [0.2, 0.25) is 0 Å². The number of sulfone groups is 1. The molecule has 20 heavy (non-hydrogen) atoms. The van der Waals surface area contributed by atoms with Gasteiger partial charge in [-0.05, 0) is 25.5 Å². The van der Waals surface area contributed by atoms with Crippen molar-refractivity contribution in [3.63, 3.8) is 0 Å². The molecule has 0 radical (unpaired) electrons. The Morgan fingerprint density at radius 3 is 2.65 bits per heavy atom. The van der Waals surface area contributed by atoms with Crippen molar-refractivity contribution in [1.82, 2.24) is 0 Å². The SMILES string of the molecule is CC(O)(c1ccc(Br)cc1Cl)C1(CN)CCS(=O)(=O)C1. The Hall–Kier alpha value is -0.140. The van der Waals surface area contributed by atoms with Gasteiger partial charge in [-0.25, -0.2) is 8.42 Å². The lowest BCUT2D eigenvalue weighted by atomic mass is 9.69. The summed E-state index contributed by atoms with van der Waals surface area (Å²) in [6.07, 6.45) is 0.339. The predicted octanol–water partition coefficient (Wildman–Crippen LogP) is 2.07. The lowest BCUT2D eigenvalue weighted by Gasteiger charge is -2.42. The summed E-state index contributed by atoms with van der Waals surface area (Å²) >= 11 is 9.51. The molecule has 0 saturated carbocycles. The van der Waals surface area contributed by atoms with E-state index in [4.69, 9.17) is 17.3 Å². The van der Waals surface area contributed by atoms with Crippen LogP contribution in [0, 0.1) is 5.41 Å². The van der Waals surface area contributed by atoms with Gasteiger partial charge in [-0.1, -0.05) is 33.6 Å². The minimum atomic E-state index is -3.17. The Morgan fingerprint density at radius 1 is 1.55 bits per heavy atom. The molecule has 0 aromatic heterocycles. The summed E-state index contributed by atoms with van der Waals surface area (Å²) in [7, 11) is -3.17. The van der Waals surface area contributed by atoms with Crippen LogP contribution in [0.5, 0.6) is 0 Å². The van der Waals surface area contributed by atoms with Gasteiger partial charge < -0.3 is 10.8 Å². The van der Waals surface area contributed by atoms with Gasteiger partial charge in [0, 0.05) is 27.0 Å². The Balaban J connectivity index is 2.53. The van der Waals surface area contributed by atoms with Crippen molar-refractivity contribution < 1.29 is 13.5 Å². The summed E-state index contributed by atoms with van der Waals surface area (Å²) < 4.78 is 24.4. The second-order valence-corrected chi connectivity index (χ2v) is 9.03. The van der Waals surface area contributed by atoms with Gasteiger partial charge in [-0.15, -0.1) is 0 Å². The molecule has 2 rings (SSSR count). The van der Waals surface area contributed by atoms with Gasteiger partial charge in [0.1, 0.15) is 0 Å². The number of nitrogens with two attached hydrogens (primary N) is 1. The fourth-order valence-corrected chi connectivity index (χ4v) is 5.92. The first kappa shape index (κ1) is 16.2.